The number of benzene rings is 1. The SMILES string of the molecule is O=C(CC1CC1)Cn1nc(-c2c(F)cccc2F)ccc1=O. The average Bonchev–Trinajstić information content (AvgIpc) is 3.26. The quantitative estimate of drug-likeness (QED) is 0.853. The van der Waals surface area contributed by atoms with Gasteiger partial charge in [-0.2, -0.15) is 5.10 Å². The molecular formula is C16H14F2N2O2. The van der Waals surface area contributed by atoms with Gasteiger partial charge in [0.25, 0.3) is 5.56 Å². The smallest absolute Gasteiger partial charge is 0.267 e. The van der Waals surface area contributed by atoms with Crippen molar-refractivity contribution in [3.8, 4) is 11.3 Å². The van der Waals surface area contributed by atoms with Gasteiger partial charge in [-0.15, -0.1) is 0 Å². The van der Waals surface area contributed by atoms with E-state index in [1.165, 1.54) is 18.2 Å². The van der Waals surface area contributed by atoms with Crippen LogP contribution in [0.3, 0.4) is 0 Å². The van der Waals surface area contributed by atoms with E-state index in [0.717, 1.165) is 29.7 Å². The Kier molecular flexibility index (Phi) is 3.83. The van der Waals surface area contributed by atoms with Crippen molar-refractivity contribution in [2.24, 2.45) is 5.92 Å². The van der Waals surface area contributed by atoms with Crippen LogP contribution in [-0.2, 0) is 11.3 Å². The Balaban J connectivity index is 1.92. The third-order valence-corrected chi connectivity index (χ3v) is 3.62. The fourth-order valence-electron chi connectivity index (χ4n) is 2.31. The van der Waals surface area contributed by atoms with Crippen LogP contribution in [0.1, 0.15) is 19.3 Å². The average molecular weight is 304 g/mol. The van der Waals surface area contributed by atoms with Crippen LogP contribution in [0.2, 0.25) is 0 Å². The molecule has 22 heavy (non-hydrogen) atoms. The van der Waals surface area contributed by atoms with Gasteiger partial charge in [0.2, 0.25) is 0 Å². The summed E-state index contributed by atoms with van der Waals surface area (Å²) in [5, 5.41) is 3.94. The molecule has 0 N–H and O–H groups in total. The first-order valence-corrected chi connectivity index (χ1v) is 7.09. The summed E-state index contributed by atoms with van der Waals surface area (Å²) in [5.74, 6) is -1.21. The lowest BCUT2D eigenvalue weighted by Crippen LogP contribution is -2.26. The van der Waals surface area contributed by atoms with Crippen LogP contribution in [0, 0.1) is 17.6 Å². The molecule has 0 saturated heterocycles. The van der Waals surface area contributed by atoms with E-state index in [1.807, 2.05) is 0 Å². The Morgan fingerprint density at radius 2 is 1.86 bits per heavy atom. The summed E-state index contributed by atoms with van der Waals surface area (Å²) >= 11 is 0. The molecule has 0 atom stereocenters. The highest BCUT2D eigenvalue weighted by Gasteiger charge is 2.24. The molecular weight excluding hydrogens is 290 g/mol. The van der Waals surface area contributed by atoms with Gasteiger partial charge in [0.15, 0.2) is 5.78 Å². The minimum Gasteiger partial charge on any atom is -0.298 e. The van der Waals surface area contributed by atoms with Crippen LogP contribution < -0.4 is 5.56 Å². The second-order valence-electron chi connectivity index (χ2n) is 5.50. The van der Waals surface area contributed by atoms with Crippen LogP contribution in [-0.4, -0.2) is 15.6 Å². The van der Waals surface area contributed by atoms with Crippen molar-refractivity contribution < 1.29 is 13.6 Å². The van der Waals surface area contributed by atoms with E-state index in [4.69, 9.17) is 0 Å². The highest BCUT2D eigenvalue weighted by atomic mass is 19.1. The Labute approximate surface area is 125 Å². The van der Waals surface area contributed by atoms with Gasteiger partial charge in [0, 0.05) is 12.5 Å². The Morgan fingerprint density at radius 3 is 2.50 bits per heavy atom. The fourth-order valence-corrected chi connectivity index (χ4v) is 2.31. The Bertz CT molecular complexity index is 762. The highest BCUT2D eigenvalue weighted by Crippen LogP contribution is 2.32. The summed E-state index contributed by atoms with van der Waals surface area (Å²) in [6.45, 7) is -0.167. The lowest BCUT2D eigenvalue weighted by atomic mass is 10.1. The molecule has 1 saturated carbocycles. The Hall–Kier alpha value is -2.37. The van der Waals surface area contributed by atoms with Crippen LogP contribution in [0.5, 0.6) is 0 Å². The zero-order valence-electron chi connectivity index (χ0n) is 11.8. The molecule has 0 aliphatic heterocycles. The first kappa shape index (κ1) is 14.6. The van der Waals surface area contributed by atoms with Crippen molar-refractivity contribution in [1.82, 2.24) is 9.78 Å². The summed E-state index contributed by atoms with van der Waals surface area (Å²) < 4.78 is 28.5. The van der Waals surface area contributed by atoms with Gasteiger partial charge < -0.3 is 0 Å². The number of carbonyl (C=O) groups excluding carboxylic acids is 1. The van der Waals surface area contributed by atoms with Gasteiger partial charge in [0.05, 0.1) is 11.3 Å². The van der Waals surface area contributed by atoms with Crippen molar-refractivity contribution >= 4 is 5.78 Å². The number of carbonyl (C=O) groups is 1. The molecule has 2 aromatic rings. The summed E-state index contributed by atoms with van der Waals surface area (Å²) in [5.41, 5.74) is -0.773. The first-order chi connectivity index (χ1) is 10.5. The van der Waals surface area contributed by atoms with Crippen molar-refractivity contribution in [3.63, 3.8) is 0 Å². The number of hydrogen-bond acceptors (Lipinski definition) is 3. The maximum absolute atomic E-state index is 13.8. The number of Topliss-reactive ketones (excluding diaryl/α,β-unsaturated/α-hetero) is 1. The molecule has 1 aromatic carbocycles. The van der Waals surface area contributed by atoms with Gasteiger partial charge in [-0.05, 0) is 37.0 Å². The second-order valence-corrected chi connectivity index (χ2v) is 5.50. The van der Waals surface area contributed by atoms with E-state index in [-0.39, 0.29) is 23.6 Å². The molecule has 1 aliphatic carbocycles. The predicted octanol–water partition coefficient (Wildman–Crippen LogP) is 2.56. The number of hydrogen-bond donors (Lipinski definition) is 0. The van der Waals surface area contributed by atoms with Crippen LogP contribution in [0.15, 0.2) is 35.1 Å². The van der Waals surface area contributed by atoms with Crippen molar-refractivity contribution in [1.29, 1.82) is 0 Å². The predicted molar refractivity (Wildman–Crippen MR) is 76.2 cm³/mol. The van der Waals surface area contributed by atoms with E-state index in [9.17, 15) is 18.4 Å². The summed E-state index contributed by atoms with van der Waals surface area (Å²) in [6.07, 6.45) is 2.50. The van der Waals surface area contributed by atoms with Gasteiger partial charge in [0.1, 0.15) is 18.2 Å². The molecule has 3 rings (SSSR count). The molecule has 114 valence electrons. The normalized spacial score (nSPS) is 14.1. The maximum atomic E-state index is 13.8. The third kappa shape index (κ3) is 3.10. The van der Waals surface area contributed by atoms with E-state index in [2.05, 4.69) is 5.10 Å². The molecule has 0 bridgehead atoms. The molecule has 1 aliphatic rings. The van der Waals surface area contributed by atoms with Gasteiger partial charge >= 0.3 is 0 Å². The van der Waals surface area contributed by atoms with Crippen molar-refractivity contribution in [3.05, 3.63) is 52.3 Å². The molecule has 0 amide bonds. The summed E-state index contributed by atoms with van der Waals surface area (Å²) in [6, 6.07) is 5.91. The van der Waals surface area contributed by atoms with Crippen LogP contribution in [0.25, 0.3) is 11.3 Å². The maximum Gasteiger partial charge on any atom is 0.267 e. The topological polar surface area (TPSA) is 52.0 Å². The molecule has 6 heteroatoms. The molecule has 0 spiro atoms. The van der Waals surface area contributed by atoms with Gasteiger partial charge in [-0.25, -0.2) is 13.5 Å². The van der Waals surface area contributed by atoms with Gasteiger partial charge in [-0.1, -0.05) is 6.07 Å². The van der Waals surface area contributed by atoms with Crippen LogP contribution in [0.4, 0.5) is 8.78 Å². The van der Waals surface area contributed by atoms with Gasteiger partial charge in [-0.3, -0.25) is 9.59 Å². The summed E-state index contributed by atoms with van der Waals surface area (Å²) in [7, 11) is 0. The monoisotopic (exact) mass is 304 g/mol. The van der Waals surface area contributed by atoms with E-state index in [1.54, 1.807) is 0 Å². The van der Waals surface area contributed by atoms with Crippen LogP contribution >= 0.6 is 0 Å². The van der Waals surface area contributed by atoms with Crippen molar-refractivity contribution in [2.75, 3.05) is 0 Å². The fraction of sp³-hybridized carbons (Fsp3) is 0.312. The largest absolute Gasteiger partial charge is 0.298 e. The van der Waals surface area contributed by atoms with E-state index < -0.39 is 17.2 Å². The molecule has 0 unspecified atom stereocenters. The zero-order valence-corrected chi connectivity index (χ0v) is 11.8. The minimum atomic E-state index is -0.762. The standard InChI is InChI=1S/C16H14F2N2O2/c17-12-2-1-3-13(18)16(12)14-6-7-15(22)20(19-14)9-11(21)8-10-4-5-10/h1-3,6-7,10H,4-5,8-9H2. The molecule has 0 radical (unpaired) electrons. The number of rotatable bonds is 5. The van der Waals surface area contributed by atoms with Crippen molar-refractivity contribution in [2.45, 2.75) is 25.8 Å². The highest BCUT2D eigenvalue weighted by molar-refractivity contribution is 5.78. The molecule has 4 nitrogen and oxygen atoms in total. The zero-order chi connectivity index (χ0) is 15.7. The lowest BCUT2D eigenvalue weighted by molar-refractivity contribution is -0.120. The summed E-state index contributed by atoms with van der Waals surface area (Å²) in [4.78, 5) is 23.6. The molecule has 1 heterocycles. The molecule has 1 fully saturated rings. The number of ketones is 1. The minimum absolute atomic E-state index is 0.00516. The number of aromatic nitrogens is 2. The second kappa shape index (κ2) is 5.79. The Morgan fingerprint density at radius 1 is 1.18 bits per heavy atom. The lowest BCUT2D eigenvalue weighted by Gasteiger charge is -2.08. The van der Waals surface area contributed by atoms with E-state index >= 15 is 0 Å². The third-order valence-electron chi connectivity index (χ3n) is 3.62. The number of halogens is 2. The first-order valence-electron chi connectivity index (χ1n) is 7.09. The number of nitrogens with zero attached hydrogens (tertiary/aromatic N) is 2. The van der Waals surface area contributed by atoms with E-state index in [0.29, 0.717) is 12.3 Å². The molecule has 1 aromatic heterocycles.